The highest BCUT2D eigenvalue weighted by molar-refractivity contribution is 5.72. The molecule has 0 amide bonds. The maximum Gasteiger partial charge on any atom is 0.0577 e. The van der Waals surface area contributed by atoms with E-state index in [1.165, 1.54) is 37.7 Å². The van der Waals surface area contributed by atoms with Crippen LogP contribution in [0.2, 0.25) is 0 Å². The van der Waals surface area contributed by atoms with Gasteiger partial charge < -0.3 is 5.11 Å². The summed E-state index contributed by atoms with van der Waals surface area (Å²) in [6, 6.07) is 4.31. The SMILES string of the molecule is C[C@]12CC[C@H](O)CC1=CCC1C2CC[C@]2(C)C(c3cccnc3)=CCC12. The fraction of sp³-hybridized carbons (Fsp3) is 0.625. The van der Waals surface area contributed by atoms with Gasteiger partial charge in [0.15, 0.2) is 0 Å². The van der Waals surface area contributed by atoms with E-state index in [0.29, 0.717) is 10.8 Å². The van der Waals surface area contributed by atoms with Crippen LogP contribution in [0.1, 0.15) is 64.4 Å². The summed E-state index contributed by atoms with van der Waals surface area (Å²) >= 11 is 0. The van der Waals surface area contributed by atoms with Crippen LogP contribution in [0.5, 0.6) is 0 Å². The number of aliphatic hydroxyl groups is 1. The lowest BCUT2D eigenvalue weighted by molar-refractivity contribution is -0.0238. The first kappa shape index (κ1) is 16.7. The van der Waals surface area contributed by atoms with Crippen LogP contribution in [-0.2, 0) is 0 Å². The van der Waals surface area contributed by atoms with Crippen molar-refractivity contribution < 1.29 is 5.11 Å². The Bertz CT molecular complexity index is 766. The van der Waals surface area contributed by atoms with Gasteiger partial charge in [-0.25, -0.2) is 0 Å². The summed E-state index contributed by atoms with van der Waals surface area (Å²) in [7, 11) is 0. The molecule has 6 atom stereocenters. The van der Waals surface area contributed by atoms with Crippen molar-refractivity contribution in [1.29, 1.82) is 0 Å². The molecule has 0 bridgehead atoms. The molecule has 3 unspecified atom stereocenters. The minimum atomic E-state index is -0.106. The smallest absolute Gasteiger partial charge is 0.0577 e. The van der Waals surface area contributed by atoms with Gasteiger partial charge in [0, 0.05) is 12.4 Å². The second-order valence-corrected chi connectivity index (χ2v) is 9.71. The van der Waals surface area contributed by atoms with Gasteiger partial charge in [-0.3, -0.25) is 4.98 Å². The Kier molecular flexibility index (Phi) is 3.73. The van der Waals surface area contributed by atoms with Crippen molar-refractivity contribution in [2.24, 2.45) is 28.6 Å². The normalized spacial score (nSPS) is 44.4. The first-order valence-corrected chi connectivity index (χ1v) is 10.5. The largest absolute Gasteiger partial charge is 0.393 e. The molecule has 0 aliphatic heterocycles. The van der Waals surface area contributed by atoms with Crippen LogP contribution >= 0.6 is 0 Å². The van der Waals surface area contributed by atoms with Gasteiger partial charge in [-0.2, -0.15) is 0 Å². The maximum atomic E-state index is 10.2. The van der Waals surface area contributed by atoms with E-state index in [9.17, 15) is 5.11 Å². The average Bonchev–Trinajstić information content (AvgIpc) is 3.00. The van der Waals surface area contributed by atoms with E-state index in [0.717, 1.165) is 30.6 Å². The highest BCUT2D eigenvalue weighted by atomic mass is 16.3. The molecule has 2 saturated carbocycles. The highest BCUT2D eigenvalue weighted by Gasteiger charge is 2.56. The number of hydrogen-bond donors (Lipinski definition) is 1. The van der Waals surface area contributed by atoms with Crippen molar-refractivity contribution in [3.63, 3.8) is 0 Å². The summed E-state index contributed by atoms with van der Waals surface area (Å²) < 4.78 is 0. The highest BCUT2D eigenvalue weighted by Crippen LogP contribution is 2.66. The van der Waals surface area contributed by atoms with E-state index in [1.807, 2.05) is 12.4 Å². The van der Waals surface area contributed by atoms with Crippen LogP contribution in [0, 0.1) is 28.6 Å². The number of fused-ring (bicyclic) bond motifs is 5. The van der Waals surface area contributed by atoms with Crippen LogP contribution < -0.4 is 0 Å². The fourth-order valence-electron chi connectivity index (χ4n) is 7.18. The number of hydrogen-bond acceptors (Lipinski definition) is 2. The fourth-order valence-corrected chi connectivity index (χ4v) is 7.18. The van der Waals surface area contributed by atoms with Crippen molar-refractivity contribution in [3.8, 4) is 0 Å². The molecule has 2 heteroatoms. The van der Waals surface area contributed by atoms with Crippen molar-refractivity contribution >= 4 is 5.57 Å². The summed E-state index contributed by atoms with van der Waals surface area (Å²) in [5.41, 5.74) is 5.09. The van der Waals surface area contributed by atoms with Crippen molar-refractivity contribution in [2.75, 3.05) is 0 Å². The van der Waals surface area contributed by atoms with Gasteiger partial charge >= 0.3 is 0 Å². The lowest BCUT2D eigenvalue weighted by atomic mass is 9.47. The van der Waals surface area contributed by atoms with Crippen molar-refractivity contribution in [2.45, 2.75) is 64.9 Å². The molecule has 1 aromatic heterocycles. The number of rotatable bonds is 1. The van der Waals surface area contributed by atoms with E-state index >= 15 is 0 Å². The molecule has 2 fully saturated rings. The molecule has 2 nitrogen and oxygen atoms in total. The number of allylic oxidation sites excluding steroid dienone is 3. The Labute approximate surface area is 157 Å². The summed E-state index contributed by atoms with van der Waals surface area (Å²) in [6.45, 7) is 5.03. The molecule has 0 radical (unpaired) electrons. The maximum absolute atomic E-state index is 10.2. The molecular weight excluding hydrogens is 318 g/mol. The molecule has 4 aliphatic carbocycles. The quantitative estimate of drug-likeness (QED) is 0.689. The zero-order valence-corrected chi connectivity index (χ0v) is 16.1. The zero-order valence-electron chi connectivity index (χ0n) is 16.1. The van der Waals surface area contributed by atoms with Gasteiger partial charge in [-0.05, 0) is 90.7 Å². The van der Waals surface area contributed by atoms with Gasteiger partial charge in [-0.15, -0.1) is 0 Å². The average molecular weight is 350 g/mol. The van der Waals surface area contributed by atoms with Crippen molar-refractivity contribution in [3.05, 3.63) is 47.8 Å². The number of pyridine rings is 1. The van der Waals surface area contributed by atoms with Crippen molar-refractivity contribution in [1.82, 2.24) is 4.98 Å². The molecule has 0 aromatic carbocycles. The Morgan fingerprint density at radius 1 is 1.04 bits per heavy atom. The first-order chi connectivity index (χ1) is 12.5. The zero-order chi connectivity index (χ0) is 17.9. The van der Waals surface area contributed by atoms with Gasteiger partial charge in [0.25, 0.3) is 0 Å². The molecule has 0 saturated heterocycles. The molecule has 0 spiro atoms. The molecule has 4 aliphatic rings. The Morgan fingerprint density at radius 2 is 1.88 bits per heavy atom. The molecule has 1 aromatic rings. The summed E-state index contributed by atoms with van der Waals surface area (Å²) in [4.78, 5) is 4.38. The first-order valence-electron chi connectivity index (χ1n) is 10.5. The van der Waals surface area contributed by atoms with Crippen LogP contribution in [0.15, 0.2) is 42.3 Å². The molecule has 26 heavy (non-hydrogen) atoms. The number of aliphatic hydroxyl groups excluding tert-OH is 1. The summed E-state index contributed by atoms with van der Waals surface area (Å²) in [5.74, 6) is 2.36. The minimum Gasteiger partial charge on any atom is -0.393 e. The monoisotopic (exact) mass is 349 g/mol. The number of nitrogens with zero attached hydrogens (tertiary/aromatic N) is 1. The minimum absolute atomic E-state index is 0.106. The molecule has 1 N–H and O–H groups in total. The number of aromatic nitrogens is 1. The van der Waals surface area contributed by atoms with E-state index in [1.54, 1.807) is 11.1 Å². The molecule has 1 heterocycles. The molecular formula is C24H31NO. The van der Waals surface area contributed by atoms with E-state index in [4.69, 9.17) is 0 Å². The van der Waals surface area contributed by atoms with Gasteiger partial charge in [0.05, 0.1) is 6.10 Å². The van der Waals surface area contributed by atoms with E-state index < -0.39 is 0 Å². The Balaban J connectivity index is 1.48. The van der Waals surface area contributed by atoms with Gasteiger partial charge in [-0.1, -0.05) is 37.6 Å². The summed E-state index contributed by atoms with van der Waals surface area (Å²) in [5, 5.41) is 10.2. The summed E-state index contributed by atoms with van der Waals surface area (Å²) in [6.07, 6.45) is 17.0. The van der Waals surface area contributed by atoms with E-state index in [-0.39, 0.29) is 6.10 Å². The lowest BCUT2D eigenvalue weighted by Crippen LogP contribution is -2.49. The van der Waals surface area contributed by atoms with Crippen LogP contribution in [-0.4, -0.2) is 16.2 Å². The second-order valence-electron chi connectivity index (χ2n) is 9.71. The van der Waals surface area contributed by atoms with Crippen LogP contribution in [0.4, 0.5) is 0 Å². The molecule has 5 rings (SSSR count). The Hall–Kier alpha value is -1.41. The van der Waals surface area contributed by atoms with E-state index in [2.05, 4.69) is 43.1 Å². The third-order valence-corrected chi connectivity index (χ3v) is 8.63. The standard InChI is InChI=1S/C24H31NO/c1-23-11-9-18(26)14-17(23)5-6-19-21-8-7-20(16-4-3-13-25-15-16)24(21,2)12-10-22(19)23/h3-5,7,13,15,18-19,21-22,26H,6,8-12,14H2,1-2H3/t18-,19?,21?,22?,23-,24+/m0/s1. The van der Waals surface area contributed by atoms with Gasteiger partial charge in [0.1, 0.15) is 0 Å². The second kappa shape index (κ2) is 5.79. The van der Waals surface area contributed by atoms with Crippen LogP contribution in [0.3, 0.4) is 0 Å². The topological polar surface area (TPSA) is 33.1 Å². The lowest BCUT2D eigenvalue weighted by Gasteiger charge is -2.57. The predicted octanol–water partition coefficient (Wildman–Crippen LogP) is 5.40. The van der Waals surface area contributed by atoms with Crippen LogP contribution in [0.25, 0.3) is 5.57 Å². The van der Waals surface area contributed by atoms with Gasteiger partial charge in [0.2, 0.25) is 0 Å². The predicted molar refractivity (Wildman–Crippen MR) is 105 cm³/mol. The third kappa shape index (κ3) is 2.24. The third-order valence-electron chi connectivity index (χ3n) is 8.63. The Morgan fingerprint density at radius 3 is 2.69 bits per heavy atom. The molecule has 138 valence electrons.